The standard InChI is InChI=1S/C33H32F5N7OS/c1-3-43-10-8-22(26(35)16-43)19-4-6-20(7-5-19)23-13-25(33(36,37)38)24-15-45(42-28(24)18(23)2)30(31(46)41-32-39-9-11-47-32)29-27-12-21(34)14-44(27)17-40-29/h4-7,9,11,13,15,17,21-22,26,30H,3,8,10,12,14,16H2,1-2H3,(H,39,41,46)/t21?,22-,26+,30?/m0/s1. The summed E-state index contributed by atoms with van der Waals surface area (Å²) < 4.78 is 76.1. The molecule has 1 fully saturated rings. The molecule has 4 atom stereocenters. The van der Waals surface area contributed by atoms with Gasteiger partial charge in [0, 0.05) is 47.7 Å². The van der Waals surface area contributed by atoms with E-state index < -0.39 is 36.0 Å². The number of aromatic nitrogens is 5. The summed E-state index contributed by atoms with van der Waals surface area (Å²) in [6.45, 7) is 5.69. The molecule has 246 valence electrons. The number of hydrogen-bond donors (Lipinski definition) is 1. The van der Waals surface area contributed by atoms with Crippen molar-refractivity contribution in [3.05, 3.63) is 82.5 Å². The number of halogens is 5. The SMILES string of the molecule is CCN1CC[C@@H](c2ccc(-c3cc(C(F)(F)F)c4cn(C(C(=O)Nc5nccs5)c5ncn6c5CC(F)C6)nc4c3C)cc2)[C@H](F)C1. The first-order valence-corrected chi connectivity index (χ1v) is 16.3. The van der Waals surface area contributed by atoms with Crippen molar-refractivity contribution in [3.63, 3.8) is 0 Å². The Morgan fingerprint density at radius 2 is 1.94 bits per heavy atom. The molecule has 2 aromatic carbocycles. The molecule has 0 saturated carbocycles. The zero-order valence-electron chi connectivity index (χ0n) is 25.6. The van der Waals surface area contributed by atoms with E-state index in [1.54, 1.807) is 41.1 Å². The molecule has 47 heavy (non-hydrogen) atoms. The lowest BCUT2D eigenvalue weighted by molar-refractivity contribution is -0.136. The van der Waals surface area contributed by atoms with Crippen molar-refractivity contribution in [2.24, 2.45) is 0 Å². The lowest BCUT2D eigenvalue weighted by atomic mass is 9.86. The van der Waals surface area contributed by atoms with Crippen molar-refractivity contribution in [1.82, 2.24) is 29.2 Å². The van der Waals surface area contributed by atoms with E-state index in [2.05, 4.69) is 25.3 Å². The first-order valence-electron chi connectivity index (χ1n) is 15.5. The molecule has 5 aromatic rings. The van der Waals surface area contributed by atoms with Gasteiger partial charge in [-0.3, -0.25) is 14.8 Å². The Balaban J connectivity index is 1.31. The number of imidazole rings is 1. The normalized spacial score (nSPS) is 20.9. The number of aryl methyl sites for hydroxylation is 1. The van der Waals surface area contributed by atoms with Gasteiger partial charge in [-0.1, -0.05) is 31.2 Å². The highest BCUT2D eigenvalue weighted by Crippen LogP contribution is 2.42. The summed E-state index contributed by atoms with van der Waals surface area (Å²) in [5.41, 5.74) is 2.02. The minimum absolute atomic E-state index is 0.0188. The Morgan fingerprint density at radius 3 is 2.62 bits per heavy atom. The van der Waals surface area contributed by atoms with Crippen LogP contribution in [0.15, 0.2) is 54.4 Å². The zero-order valence-corrected chi connectivity index (χ0v) is 26.5. The highest BCUT2D eigenvalue weighted by molar-refractivity contribution is 7.13. The van der Waals surface area contributed by atoms with Crippen molar-refractivity contribution in [2.75, 3.05) is 25.0 Å². The van der Waals surface area contributed by atoms with Gasteiger partial charge in [-0.2, -0.15) is 18.3 Å². The van der Waals surface area contributed by atoms with Gasteiger partial charge >= 0.3 is 6.18 Å². The zero-order chi connectivity index (χ0) is 33.0. The molecule has 2 aliphatic rings. The van der Waals surface area contributed by atoms with Crippen molar-refractivity contribution in [2.45, 2.75) is 63.7 Å². The highest BCUT2D eigenvalue weighted by atomic mass is 32.1. The third-order valence-corrected chi connectivity index (χ3v) is 10.0. The number of anilines is 1. The summed E-state index contributed by atoms with van der Waals surface area (Å²) in [5, 5.41) is 9.08. The van der Waals surface area contributed by atoms with Crippen LogP contribution in [0.3, 0.4) is 0 Å². The molecule has 0 spiro atoms. The molecule has 0 bridgehead atoms. The van der Waals surface area contributed by atoms with E-state index in [0.29, 0.717) is 40.5 Å². The number of benzene rings is 2. The molecule has 3 aromatic heterocycles. The van der Waals surface area contributed by atoms with Crippen LogP contribution in [0, 0.1) is 6.92 Å². The largest absolute Gasteiger partial charge is 0.417 e. The predicted octanol–water partition coefficient (Wildman–Crippen LogP) is 6.95. The van der Waals surface area contributed by atoms with Gasteiger partial charge in [0.1, 0.15) is 12.3 Å². The minimum atomic E-state index is -4.74. The number of thiazole rings is 1. The van der Waals surface area contributed by atoms with Gasteiger partial charge in [0.2, 0.25) is 0 Å². The smallest absolute Gasteiger partial charge is 0.331 e. The lowest BCUT2D eigenvalue weighted by Crippen LogP contribution is -2.40. The fourth-order valence-electron chi connectivity index (χ4n) is 6.88. The maximum Gasteiger partial charge on any atom is 0.417 e. The third-order valence-electron chi connectivity index (χ3n) is 9.32. The summed E-state index contributed by atoms with van der Waals surface area (Å²) in [6, 6.07) is 6.85. The number of alkyl halides is 5. The topological polar surface area (TPSA) is 80.9 Å². The molecular weight excluding hydrogens is 637 g/mol. The average molecular weight is 670 g/mol. The molecule has 1 amide bonds. The van der Waals surface area contributed by atoms with Crippen LogP contribution < -0.4 is 5.32 Å². The monoisotopic (exact) mass is 669 g/mol. The van der Waals surface area contributed by atoms with Gasteiger partial charge in [0.15, 0.2) is 11.2 Å². The number of fused-ring (bicyclic) bond motifs is 2. The number of carbonyl (C=O) groups excluding carboxylic acids is 1. The van der Waals surface area contributed by atoms with Gasteiger partial charge < -0.3 is 9.47 Å². The van der Waals surface area contributed by atoms with Crippen LogP contribution in [0.5, 0.6) is 0 Å². The molecule has 0 radical (unpaired) electrons. The van der Waals surface area contributed by atoms with E-state index in [-0.39, 0.29) is 35.5 Å². The summed E-state index contributed by atoms with van der Waals surface area (Å²) >= 11 is 1.18. The number of likely N-dealkylation sites (tertiary alicyclic amines) is 1. The number of nitrogens with zero attached hydrogens (tertiary/aromatic N) is 6. The van der Waals surface area contributed by atoms with Crippen molar-refractivity contribution < 1.29 is 26.7 Å². The number of rotatable bonds is 7. The predicted molar refractivity (Wildman–Crippen MR) is 169 cm³/mol. The Bertz CT molecular complexity index is 1920. The van der Waals surface area contributed by atoms with E-state index >= 15 is 4.39 Å². The molecule has 1 saturated heterocycles. The van der Waals surface area contributed by atoms with E-state index in [4.69, 9.17) is 0 Å². The van der Waals surface area contributed by atoms with Gasteiger partial charge in [-0.25, -0.2) is 18.7 Å². The molecule has 0 aliphatic carbocycles. The van der Waals surface area contributed by atoms with Gasteiger partial charge in [0.05, 0.1) is 29.6 Å². The summed E-state index contributed by atoms with van der Waals surface area (Å²) in [5.74, 6) is -0.893. The van der Waals surface area contributed by atoms with Crippen molar-refractivity contribution >= 4 is 33.3 Å². The Kier molecular flexibility index (Phi) is 8.11. The van der Waals surface area contributed by atoms with E-state index in [1.165, 1.54) is 34.7 Å². The number of hydrogen-bond acceptors (Lipinski definition) is 6. The second kappa shape index (κ2) is 12.1. The average Bonchev–Trinajstić information content (AvgIpc) is 3.84. The van der Waals surface area contributed by atoms with Crippen molar-refractivity contribution in [1.29, 1.82) is 0 Å². The maximum absolute atomic E-state index is 15.0. The molecule has 5 heterocycles. The van der Waals surface area contributed by atoms with E-state index in [1.807, 2.05) is 6.92 Å². The van der Waals surface area contributed by atoms with Crippen LogP contribution in [0.2, 0.25) is 0 Å². The number of amides is 1. The molecule has 7 rings (SSSR count). The fraction of sp³-hybridized carbons (Fsp3) is 0.394. The number of carbonyl (C=O) groups is 1. The molecule has 14 heteroatoms. The maximum atomic E-state index is 15.0. The third kappa shape index (κ3) is 5.81. The van der Waals surface area contributed by atoms with Crippen LogP contribution >= 0.6 is 11.3 Å². The lowest BCUT2D eigenvalue weighted by Gasteiger charge is -2.34. The molecule has 8 nitrogen and oxygen atoms in total. The van der Waals surface area contributed by atoms with E-state index in [0.717, 1.165) is 24.7 Å². The molecule has 2 aliphatic heterocycles. The Morgan fingerprint density at radius 1 is 1.15 bits per heavy atom. The molecular formula is C33H32F5N7OS. The highest BCUT2D eigenvalue weighted by Gasteiger charge is 2.38. The molecule has 2 unspecified atom stereocenters. The van der Waals surface area contributed by atoms with Gasteiger partial charge in [0.25, 0.3) is 5.91 Å². The van der Waals surface area contributed by atoms with Crippen LogP contribution in [-0.4, -0.2) is 67.1 Å². The fourth-order valence-corrected chi connectivity index (χ4v) is 7.41. The Labute approximate surface area is 271 Å². The Hall–Kier alpha value is -4.17. The first kappa shape index (κ1) is 31.4. The first-order chi connectivity index (χ1) is 22.5. The number of piperidine rings is 1. The quantitative estimate of drug-likeness (QED) is 0.190. The van der Waals surface area contributed by atoms with Gasteiger partial charge in [-0.15, -0.1) is 11.3 Å². The van der Waals surface area contributed by atoms with Crippen LogP contribution in [0.1, 0.15) is 53.4 Å². The summed E-state index contributed by atoms with van der Waals surface area (Å²) in [7, 11) is 0. The van der Waals surface area contributed by atoms with Crippen LogP contribution in [0.4, 0.5) is 27.1 Å². The van der Waals surface area contributed by atoms with E-state index in [9.17, 15) is 22.4 Å². The summed E-state index contributed by atoms with van der Waals surface area (Å²) in [6.07, 6.45) is -2.09. The second-order valence-electron chi connectivity index (χ2n) is 12.2. The van der Waals surface area contributed by atoms with Crippen LogP contribution in [0.25, 0.3) is 22.0 Å². The van der Waals surface area contributed by atoms with Crippen LogP contribution in [-0.2, 0) is 23.9 Å². The minimum Gasteiger partial charge on any atom is -0.331 e. The summed E-state index contributed by atoms with van der Waals surface area (Å²) in [4.78, 5) is 24.3. The second-order valence-corrected chi connectivity index (χ2v) is 13.0. The number of nitrogens with one attached hydrogen (secondary N) is 1. The van der Waals surface area contributed by atoms with Gasteiger partial charge in [-0.05, 0) is 54.8 Å². The van der Waals surface area contributed by atoms with Crippen molar-refractivity contribution in [3.8, 4) is 11.1 Å². The molecule has 1 N–H and O–H groups in total.